The highest BCUT2D eigenvalue weighted by Gasteiger charge is 2.22. The van der Waals surface area contributed by atoms with E-state index in [0.29, 0.717) is 25.3 Å². The number of hydrogen-bond donors (Lipinski definition) is 1. The van der Waals surface area contributed by atoms with Crippen LogP contribution in [-0.4, -0.2) is 38.1 Å². The van der Waals surface area contributed by atoms with Crippen molar-refractivity contribution < 1.29 is 19.1 Å². The number of ether oxygens (including phenoxy) is 2. The highest BCUT2D eigenvalue weighted by molar-refractivity contribution is 6.01. The lowest BCUT2D eigenvalue weighted by atomic mass is 9.90. The molecule has 138 valence electrons. The van der Waals surface area contributed by atoms with Crippen LogP contribution in [0.5, 0.6) is 5.75 Å². The Hall–Kier alpha value is -2.66. The van der Waals surface area contributed by atoms with Crippen molar-refractivity contribution in [3.05, 3.63) is 65.7 Å². The van der Waals surface area contributed by atoms with Crippen LogP contribution in [0.1, 0.15) is 35.7 Å². The average molecular weight is 355 g/mol. The third kappa shape index (κ3) is 5.70. The van der Waals surface area contributed by atoms with Gasteiger partial charge in [0.2, 0.25) is 0 Å². The molecular formula is C21H25NO4. The van der Waals surface area contributed by atoms with Gasteiger partial charge in [0, 0.05) is 12.1 Å². The highest BCUT2D eigenvalue weighted by atomic mass is 16.5. The van der Waals surface area contributed by atoms with Crippen LogP contribution in [0.15, 0.2) is 54.6 Å². The Kier molecular flexibility index (Phi) is 7.83. The minimum Gasteiger partial charge on any atom is -0.494 e. The van der Waals surface area contributed by atoms with Gasteiger partial charge in [-0.15, -0.1) is 0 Å². The molecule has 1 N–H and O–H groups in total. The summed E-state index contributed by atoms with van der Waals surface area (Å²) in [4.78, 5) is 24.5. The van der Waals surface area contributed by atoms with Gasteiger partial charge in [-0.1, -0.05) is 30.3 Å². The third-order valence-corrected chi connectivity index (χ3v) is 3.89. The number of ketones is 1. The maximum absolute atomic E-state index is 13.0. The molecule has 0 amide bonds. The first-order valence-electron chi connectivity index (χ1n) is 8.84. The van der Waals surface area contributed by atoms with E-state index < -0.39 is 0 Å². The second kappa shape index (κ2) is 10.4. The second-order valence-electron chi connectivity index (χ2n) is 5.72. The second-order valence-corrected chi connectivity index (χ2v) is 5.72. The molecule has 0 heterocycles. The number of Topliss-reactive ketones (excluding diaryl/α,β-unsaturated/α-hetero) is 1. The maximum atomic E-state index is 13.0. The van der Waals surface area contributed by atoms with E-state index in [-0.39, 0.29) is 24.2 Å². The van der Waals surface area contributed by atoms with Crippen LogP contribution in [0, 0.1) is 0 Å². The highest BCUT2D eigenvalue weighted by Crippen LogP contribution is 2.22. The summed E-state index contributed by atoms with van der Waals surface area (Å²) in [5.41, 5.74) is 1.52. The van der Waals surface area contributed by atoms with Crippen LogP contribution in [0.2, 0.25) is 0 Å². The molecule has 1 unspecified atom stereocenters. The fourth-order valence-corrected chi connectivity index (χ4v) is 2.66. The topological polar surface area (TPSA) is 64.6 Å². The molecule has 0 fully saturated rings. The first-order chi connectivity index (χ1) is 12.7. The van der Waals surface area contributed by atoms with Crippen molar-refractivity contribution in [1.82, 2.24) is 5.32 Å². The van der Waals surface area contributed by atoms with E-state index in [1.165, 1.54) is 0 Å². The van der Waals surface area contributed by atoms with Gasteiger partial charge in [0.05, 0.1) is 25.7 Å². The Bertz CT molecular complexity index is 698. The van der Waals surface area contributed by atoms with Gasteiger partial charge in [-0.25, -0.2) is 0 Å². The number of nitrogens with one attached hydrogen (secondary N) is 1. The molecule has 0 aromatic heterocycles. The summed E-state index contributed by atoms with van der Waals surface area (Å²) in [5.74, 6) is 0.0211. The van der Waals surface area contributed by atoms with Crippen molar-refractivity contribution in [2.75, 3.05) is 26.3 Å². The summed E-state index contributed by atoms with van der Waals surface area (Å²) in [6, 6.07) is 16.7. The van der Waals surface area contributed by atoms with Gasteiger partial charge in [-0.2, -0.15) is 0 Å². The number of hydrogen-bond acceptors (Lipinski definition) is 5. The largest absolute Gasteiger partial charge is 0.494 e. The zero-order valence-electron chi connectivity index (χ0n) is 15.2. The Balaban J connectivity index is 2.12. The van der Waals surface area contributed by atoms with E-state index in [1.807, 2.05) is 37.3 Å². The molecule has 0 bridgehead atoms. The molecule has 5 nitrogen and oxygen atoms in total. The normalized spacial score (nSPS) is 11.6. The van der Waals surface area contributed by atoms with E-state index in [0.717, 1.165) is 11.3 Å². The minimum atomic E-state index is -0.386. The smallest absolute Gasteiger partial charge is 0.319 e. The van der Waals surface area contributed by atoms with Gasteiger partial charge >= 0.3 is 5.97 Å². The predicted molar refractivity (Wildman–Crippen MR) is 101 cm³/mol. The number of benzene rings is 2. The van der Waals surface area contributed by atoms with E-state index in [9.17, 15) is 9.59 Å². The van der Waals surface area contributed by atoms with Crippen LogP contribution >= 0.6 is 0 Å². The van der Waals surface area contributed by atoms with Gasteiger partial charge in [0.1, 0.15) is 5.75 Å². The SMILES string of the molecule is CCOC(=O)CNCC(C(=O)c1ccc(OCC)cc1)c1ccccc1. The fourth-order valence-electron chi connectivity index (χ4n) is 2.66. The van der Waals surface area contributed by atoms with Crippen LogP contribution < -0.4 is 10.1 Å². The van der Waals surface area contributed by atoms with Gasteiger partial charge in [0.25, 0.3) is 0 Å². The predicted octanol–water partition coefficient (Wildman–Crippen LogP) is 3.20. The molecule has 2 aromatic carbocycles. The summed E-state index contributed by atoms with van der Waals surface area (Å²) in [6.45, 7) is 5.04. The number of rotatable bonds is 10. The van der Waals surface area contributed by atoms with Crippen LogP contribution in [-0.2, 0) is 9.53 Å². The van der Waals surface area contributed by atoms with Crippen molar-refractivity contribution in [2.24, 2.45) is 0 Å². The minimum absolute atomic E-state index is 0.00407. The first-order valence-corrected chi connectivity index (χ1v) is 8.84. The summed E-state index contributed by atoms with van der Waals surface area (Å²) in [7, 11) is 0. The van der Waals surface area contributed by atoms with Gasteiger partial charge < -0.3 is 14.8 Å². The molecule has 0 aliphatic carbocycles. The monoisotopic (exact) mass is 355 g/mol. The molecule has 0 aliphatic heterocycles. The van der Waals surface area contributed by atoms with Crippen molar-refractivity contribution in [3.8, 4) is 5.75 Å². The molecule has 0 saturated carbocycles. The van der Waals surface area contributed by atoms with Crippen LogP contribution in [0.4, 0.5) is 0 Å². The summed E-state index contributed by atoms with van der Waals surface area (Å²) < 4.78 is 10.3. The number of esters is 1. The van der Waals surface area contributed by atoms with Crippen LogP contribution in [0.25, 0.3) is 0 Å². The Morgan fingerprint density at radius 2 is 1.65 bits per heavy atom. The van der Waals surface area contributed by atoms with E-state index >= 15 is 0 Å². The molecule has 26 heavy (non-hydrogen) atoms. The van der Waals surface area contributed by atoms with Gasteiger partial charge in [-0.05, 0) is 43.7 Å². The molecular weight excluding hydrogens is 330 g/mol. The van der Waals surface area contributed by atoms with Crippen molar-refractivity contribution in [1.29, 1.82) is 0 Å². The molecule has 0 aliphatic rings. The first kappa shape index (κ1) is 19.7. The maximum Gasteiger partial charge on any atom is 0.319 e. The Labute approximate surface area is 154 Å². The molecule has 5 heteroatoms. The molecule has 0 saturated heterocycles. The Morgan fingerprint density at radius 3 is 2.27 bits per heavy atom. The lowest BCUT2D eigenvalue weighted by molar-refractivity contribution is -0.142. The van der Waals surface area contributed by atoms with E-state index in [1.54, 1.807) is 31.2 Å². The molecule has 0 spiro atoms. The zero-order chi connectivity index (χ0) is 18.8. The lowest BCUT2D eigenvalue weighted by Gasteiger charge is -2.17. The van der Waals surface area contributed by atoms with E-state index in [2.05, 4.69) is 5.32 Å². The number of carbonyl (C=O) groups is 2. The van der Waals surface area contributed by atoms with Gasteiger partial charge in [0.15, 0.2) is 5.78 Å². The lowest BCUT2D eigenvalue weighted by Crippen LogP contribution is -2.31. The van der Waals surface area contributed by atoms with Crippen molar-refractivity contribution in [3.63, 3.8) is 0 Å². The summed E-state index contributed by atoms with van der Waals surface area (Å²) in [6.07, 6.45) is 0. The van der Waals surface area contributed by atoms with E-state index in [4.69, 9.17) is 9.47 Å². The third-order valence-electron chi connectivity index (χ3n) is 3.89. The molecule has 0 radical (unpaired) electrons. The quantitative estimate of drug-likeness (QED) is 0.524. The zero-order valence-corrected chi connectivity index (χ0v) is 15.2. The van der Waals surface area contributed by atoms with Gasteiger partial charge in [-0.3, -0.25) is 9.59 Å². The summed E-state index contributed by atoms with van der Waals surface area (Å²) in [5, 5.41) is 3.03. The van der Waals surface area contributed by atoms with Crippen molar-refractivity contribution in [2.45, 2.75) is 19.8 Å². The Morgan fingerprint density at radius 1 is 0.962 bits per heavy atom. The van der Waals surface area contributed by atoms with Crippen molar-refractivity contribution >= 4 is 11.8 Å². The summed E-state index contributed by atoms with van der Waals surface area (Å²) >= 11 is 0. The average Bonchev–Trinajstić information content (AvgIpc) is 2.66. The molecule has 2 aromatic rings. The number of carbonyl (C=O) groups excluding carboxylic acids is 2. The molecule has 2 rings (SSSR count). The standard InChI is InChI=1S/C21H25NO4/c1-3-25-18-12-10-17(11-13-18)21(24)19(16-8-6-5-7-9-16)14-22-15-20(23)26-4-2/h5-13,19,22H,3-4,14-15H2,1-2H3. The van der Waals surface area contributed by atoms with Crippen LogP contribution in [0.3, 0.4) is 0 Å². The fraction of sp³-hybridized carbons (Fsp3) is 0.333. The molecule has 1 atom stereocenters.